The zero-order chi connectivity index (χ0) is 20.9. The Morgan fingerprint density at radius 2 is 1.76 bits per heavy atom. The molecule has 29 heavy (non-hydrogen) atoms. The molecule has 1 N–H and O–H groups in total. The van der Waals surface area contributed by atoms with Crippen LogP contribution in [0.25, 0.3) is 0 Å². The van der Waals surface area contributed by atoms with Crippen LogP contribution in [-0.2, 0) is 11.2 Å². The van der Waals surface area contributed by atoms with Crippen LogP contribution in [-0.4, -0.2) is 48.5 Å². The molecule has 0 aromatic heterocycles. The number of aliphatic hydroxyl groups excluding tert-OH is 1. The molecule has 1 aromatic rings. The number of nitrogens with zero attached hydrogens (tertiary/aromatic N) is 1. The Morgan fingerprint density at radius 3 is 2.38 bits per heavy atom. The maximum Gasteiger partial charge on any atom is 0.0900 e. The highest BCUT2D eigenvalue weighted by molar-refractivity contribution is 5.15. The van der Waals surface area contributed by atoms with Crippen molar-refractivity contribution in [1.82, 2.24) is 4.90 Å². The third kappa shape index (κ3) is 7.08. The summed E-state index contributed by atoms with van der Waals surface area (Å²) >= 11 is 0. The fourth-order valence-corrected chi connectivity index (χ4v) is 5.36. The fraction of sp³-hybridized carbons (Fsp3) is 0.769. The van der Waals surface area contributed by atoms with Crippen LogP contribution in [0.2, 0.25) is 0 Å². The number of ether oxygens (including phenoxy) is 1. The van der Waals surface area contributed by atoms with Gasteiger partial charge in [0.2, 0.25) is 0 Å². The maximum atomic E-state index is 10.5. The predicted molar refractivity (Wildman–Crippen MR) is 121 cm³/mol. The van der Waals surface area contributed by atoms with E-state index >= 15 is 0 Å². The molecule has 3 unspecified atom stereocenters. The normalized spacial score (nSPS) is 30.2. The highest BCUT2D eigenvalue weighted by Crippen LogP contribution is 2.38. The Hall–Kier alpha value is -0.900. The number of β-amino-alcohol motifs (C(OH)–C–C–N with tert-alkyl or cyclic N) is 1. The van der Waals surface area contributed by atoms with Crippen molar-refractivity contribution in [2.75, 3.05) is 26.2 Å². The number of benzene rings is 1. The standard InChI is InChI=1S/C26H43NO2/c1-20-17-27(15-14-22(20)16-21-8-6-5-7-9-21)18-24(28)19-29-25-12-10-23(11-13-25)26(2,3)4/h5-9,20,22-25,28H,10-19H2,1-4H3. The van der Waals surface area contributed by atoms with Crippen LogP contribution in [0.4, 0.5) is 0 Å². The van der Waals surface area contributed by atoms with Gasteiger partial charge in [-0.2, -0.15) is 0 Å². The summed E-state index contributed by atoms with van der Waals surface area (Å²) < 4.78 is 6.10. The number of likely N-dealkylation sites (tertiary alicyclic amines) is 1. The van der Waals surface area contributed by atoms with Gasteiger partial charge in [-0.1, -0.05) is 58.0 Å². The van der Waals surface area contributed by atoms with Gasteiger partial charge in [0.25, 0.3) is 0 Å². The van der Waals surface area contributed by atoms with Gasteiger partial charge >= 0.3 is 0 Å². The SMILES string of the molecule is CC1CN(CC(O)COC2CCC(C(C)(C)C)CC2)CCC1Cc1ccccc1. The summed E-state index contributed by atoms with van der Waals surface area (Å²) in [5.74, 6) is 2.23. The molecule has 1 heterocycles. The number of hydrogen-bond acceptors (Lipinski definition) is 3. The van der Waals surface area contributed by atoms with Crippen LogP contribution in [0.15, 0.2) is 30.3 Å². The Labute approximate surface area is 178 Å². The lowest BCUT2D eigenvalue weighted by Crippen LogP contribution is -2.44. The van der Waals surface area contributed by atoms with Gasteiger partial charge < -0.3 is 14.7 Å². The minimum absolute atomic E-state index is 0.346. The van der Waals surface area contributed by atoms with Crippen molar-refractivity contribution >= 4 is 0 Å². The second kappa shape index (κ2) is 10.4. The monoisotopic (exact) mass is 401 g/mol. The minimum atomic E-state index is -0.367. The zero-order valence-electron chi connectivity index (χ0n) is 19.1. The van der Waals surface area contributed by atoms with Crippen LogP contribution in [0, 0.1) is 23.2 Å². The van der Waals surface area contributed by atoms with Crippen molar-refractivity contribution in [3.63, 3.8) is 0 Å². The van der Waals surface area contributed by atoms with E-state index < -0.39 is 0 Å². The molecular weight excluding hydrogens is 358 g/mol. The van der Waals surface area contributed by atoms with Crippen molar-refractivity contribution in [2.24, 2.45) is 23.2 Å². The van der Waals surface area contributed by atoms with Crippen molar-refractivity contribution in [3.05, 3.63) is 35.9 Å². The summed E-state index contributed by atoms with van der Waals surface area (Å²) in [6.07, 6.45) is 7.20. The fourth-order valence-electron chi connectivity index (χ4n) is 5.36. The lowest BCUT2D eigenvalue weighted by molar-refractivity contribution is -0.0482. The van der Waals surface area contributed by atoms with Gasteiger partial charge in [0.05, 0.1) is 18.8 Å². The third-order valence-electron chi connectivity index (χ3n) is 7.40. The van der Waals surface area contributed by atoms with Gasteiger partial charge in [-0.15, -0.1) is 0 Å². The Bertz CT molecular complexity index is 588. The maximum absolute atomic E-state index is 10.5. The summed E-state index contributed by atoms with van der Waals surface area (Å²) in [5, 5.41) is 10.5. The van der Waals surface area contributed by atoms with E-state index in [1.54, 1.807) is 0 Å². The molecule has 0 amide bonds. The molecule has 3 nitrogen and oxygen atoms in total. The number of rotatable bonds is 7. The van der Waals surface area contributed by atoms with Gasteiger partial charge in [-0.25, -0.2) is 0 Å². The van der Waals surface area contributed by atoms with Crippen molar-refractivity contribution in [2.45, 2.75) is 78.4 Å². The highest BCUT2D eigenvalue weighted by atomic mass is 16.5. The summed E-state index contributed by atoms with van der Waals surface area (Å²) in [5.41, 5.74) is 1.86. The molecule has 0 spiro atoms. The van der Waals surface area contributed by atoms with Crippen molar-refractivity contribution < 1.29 is 9.84 Å². The molecular formula is C26H43NO2. The molecule has 1 aliphatic heterocycles. The molecule has 1 aromatic carbocycles. The zero-order valence-corrected chi connectivity index (χ0v) is 19.1. The summed E-state index contributed by atoms with van der Waals surface area (Å²) in [4.78, 5) is 2.44. The van der Waals surface area contributed by atoms with Gasteiger partial charge in [0.15, 0.2) is 0 Å². The Balaban J connectivity index is 1.34. The van der Waals surface area contributed by atoms with E-state index in [-0.39, 0.29) is 6.10 Å². The predicted octanol–water partition coefficient (Wildman–Crippen LogP) is 5.17. The quantitative estimate of drug-likeness (QED) is 0.684. The van der Waals surface area contributed by atoms with Gasteiger partial charge in [-0.05, 0) is 73.8 Å². The largest absolute Gasteiger partial charge is 0.389 e. The molecule has 0 radical (unpaired) electrons. The van der Waals surface area contributed by atoms with Crippen LogP contribution in [0.5, 0.6) is 0 Å². The molecule has 2 fully saturated rings. The van der Waals surface area contributed by atoms with Crippen molar-refractivity contribution in [3.8, 4) is 0 Å². The van der Waals surface area contributed by atoms with Gasteiger partial charge in [0.1, 0.15) is 0 Å². The second-order valence-corrected chi connectivity index (χ2v) is 10.8. The van der Waals surface area contributed by atoms with Crippen LogP contribution < -0.4 is 0 Å². The first-order valence-corrected chi connectivity index (χ1v) is 11.9. The van der Waals surface area contributed by atoms with Crippen LogP contribution in [0.1, 0.15) is 65.4 Å². The molecule has 1 saturated heterocycles. The third-order valence-corrected chi connectivity index (χ3v) is 7.40. The molecule has 3 heteroatoms. The highest BCUT2D eigenvalue weighted by Gasteiger charge is 2.31. The van der Waals surface area contributed by atoms with Crippen LogP contribution in [0.3, 0.4) is 0 Å². The van der Waals surface area contributed by atoms with Gasteiger partial charge in [-0.3, -0.25) is 0 Å². The minimum Gasteiger partial charge on any atom is -0.389 e. The molecule has 2 aliphatic rings. The first-order chi connectivity index (χ1) is 13.8. The average Bonchev–Trinajstić information content (AvgIpc) is 2.69. The molecule has 1 aliphatic carbocycles. The Morgan fingerprint density at radius 1 is 1.07 bits per heavy atom. The molecule has 0 bridgehead atoms. The topological polar surface area (TPSA) is 32.7 Å². The van der Waals surface area contributed by atoms with E-state index in [2.05, 4.69) is 62.9 Å². The average molecular weight is 402 g/mol. The molecule has 164 valence electrons. The molecule has 1 saturated carbocycles. The summed E-state index contributed by atoms with van der Waals surface area (Å²) in [6, 6.07) is 10.9. The van der Waals surface area contributed by atoms with E-state index in [0.717, 1.165) is 44.3 Å². The molecule has 3 atom stereocenters. The van der Waals surface area contributed by atoms with E-state index in [9.17, 15) is 5.11 Å². The number of piperidine rings is 1. The first kappa shape index (κ1) is 22.8. The van der Waals surface area contributed by atoms with E-state index in [1.165, 1.54) is 31.2 Å². The van der Waals surface area contributed by atoms with Crippen LogP contribution >= 0.6 is 0 Å². The lowest BCUT2D eigenvalue weighted by atomic mass is 9.72. The van der Waals surface area contributed by atoms with Gasteiger partial charge in [0, 0.05) is 13.1 Å². The lowest BCUT2D eigenvalue weighted by Gasteiger charge is -2.38. The smallest absolute Gasteiger partial charge is 0.0900 e. The first-order valence-electron chi connectivity index (χ1n) is 11.9. The van der Waals surface area contributed by atoms with Crippen molar-refractivity contribution in [1.29, 1.82) is 0 Å². The summed E-state index contributed by atoms with van der Waals surface area (Å²) in [6.45, 7) is 12.9. The summed E-state index contributed by atoms with van der Waals surface area (Å²) in [7, 11) is 0. The number of aliphatic hydroxyl groups is 1. The van der Waals surface area contributed by atoms with E-state index in [0.29, 0.717) is 24.0 Å². The Kier molecular flexibility index (Phi) is 8.18. The van der Waals surface area contributed by atoms with E-state index in [4.69, 9.17) is 4.74 Å². The van der Waals surface area contributed by atoms with E-state index in [1.807, 2.05) is 0 Å². The number of hydrogen-bond donors (Lipinski definition) is 1. The second-order valence-electron chi connectivity index (χ2n) is 10.8. The molecule has 3 rings (SSSR count).